The molecule has 0 radical (unpaired) electrons. The molecule has 1 saturated heterocycles. The molecule has 0 unspecified atom stereocenters. The Bertz CT molecular complexity index is 1250. The van der Waals surface area contributed by atoms with Crippen molar-refractivity contribution in [2.45, 2.75) is 28.8 Å². The summed E-state index contributed by atoms with van der Waals surface area (Å²) in [5, 5.41) is 22.3. The first kappa shape index (κ1) is 18.8. The summed E-state index contributed by atoms with van der Waals surface area (Å²) < 4.78 is 17.3. The maximum Gasteiger partial charge on any atom is 0.213 e. The van der Waals surface area contributed by atoms with E-state index in [4.69, 9.17) is 0 Å². The summed E-state index contributed by atoms with van der Waals surface area (Å²) in [5.74, 6) is -0.538. The standard InChI is InChI=1S/C21H18FN7S/c22-19-4-1-5-20(27-19)30-18-7-14(12-29-21(18)15(8-23)9-26-29)16-10-25-28(13-16)17-3-2-6-24-11-17/h1,4-5,7,9-10,12-13,17,24H,2-3,6,11H2/t17-/m0/s1. The number of nitrogens with one attached hydrogen (secondary N) is 1. The van der Waals surface area contributed by atoms with Gasteiger partial charge in [0.1, 0.15) is 11.1 Å². The lowest BCUT2D eigenvalue weighted by atomic mass is 10.1. The molecule has 0 aromatic carbocycles. The number of pyridine rings is 2. The molecule has 1 aliphatic rings. The smallest absolute Gasteiger partial charge is 0.213 e. The zero-order valence-corrected chi connectivity index (χ0v) is 16.8. The molecule has 0 saturated carbocycles. The average Bonchev–Trinajstić information content (AvgIpc) is 3.42. The van der Waals surface area contributed by atoms with E-state index in [0.717, 1.165) is 42.0 Å². The van der Waals surface area contributed by atoms with Crippen LogP contribution in [0.3, 0.4) is 0 Å². The summed E-state index contributed by atoms with van der Waals surface area (Å²) in [5.41, 5.74) is 3.03. The van der Waals surface area contributed by atoms with Gasteiger partial charge in [0, 0.05) is 35.0 Å². The van der Waals surface area contributed by atoms with Gasteiger partial charge in [-0.05, 0) is 37.6 Å². The van der Waals surface area contributed by atoms with E-state index in [1.807, 2.05) is 29.3 Å². The fraction of sp³-hybridized carbons (Fsp3) is 0.238. The van der Waals surface area contributed by atoms with Gasteiger partial charge in [-0.15, -0.1) is 0 Å². The van der Waals surface area contributed by atoms with Crippen LogP contribution in [0.15, 0.2) is 59.0 Å². The van der Waals surface area contributed by atoms with Gasteiger partial charge in [-0.1, -0.05) is 17.8 Å². The minimum absolute atomic E-state index is 0.344. The van der Waals surface area contributed by atoms with Gasteiger partial charge in [0.15, 0.2) is 0 Å². The Labute approximate surface area is 176 Å². The second kappa shape index (κ2) is 7.89. The minimum Gasteiger partial charge on any atom is -0.315 e. The monoisotopic (exact) mass is 419 g/mol. The molecule has 4 aromatic rings. The number of nitrogens with zero attached hydrogens (tertiary/aromatic N) is 6. The largest absolute Gasteiger partial charge is 0.315 e. The lowest BCUT2D eigenvalue weighted by Gasteiger charge is -2.22. The summed E-state index contributed by atoms with van der Waals surface area (Å²) >= 11 is 1.31. The fourth-order valence-electron chi connectivity index (χ4n) is 3.71. The highest BCUT2D eigenvalue weighted by atomic mass is 32.2. The van der Waals surface area contributed by atoms with E-state index in [-0.39, 0.29) is 0 Å². The van der Waals surface area contributed by atoms with Crippen LogP contribution in [0.2, 0.25) is 0 Å². The number of fused-ring (bicyclic) bond motifs is 1. The molecule has 30 heavy (non-hydrogen) atoms. The predicted octanol–water partition coefficient (Wildman–Crippen LogP) is 3.68. The lowest BCUT2D eigenvalue weighted by molar-refractivity contribution is 0.347. The second-order valence-electron chi connectivity index (χ2n) is 7.17. The highest BCUT2D eigenvalue weighted by Crippen LogP contribution is 2.35. The van der Waals surface area contributed by atoms with Crippen LogP contribution in [0.25, 0.3) is 16.6 Å². The quantitative estimate of drug-likeness (QED) is 0.508. The number of halogens is 1. The Kier molecular flexibility index (Phi) is 4.94. The molecule has 0 amide bonds. The van der Waals surface area contributed by atoms with Gasteiger partial charge >= 0.3 is 0 Å². The Morgan fingerprint density at radius 2 is 2.13 bits per heavy atom. The van der Waals surface area contributed by atoms with Gasteiger partial charge in [0.2, 0.25) is 5.95 Å². The third-order valence-corrected chi connectivity index (χ3v) is 6.15. The normalized spacial score (nSPS) is 16.6. The number of hydrogen-bond acceptors (Lipinski definition) is 6. The number of hydrogen-bond donors (Lipinski definition) is 1. The topological polar surface area (TPSA) is 83.8 Å². The first-order valence-corrected chi connectivity index (χ1v) is 10.5. The molecule has 150 valence electrons. The molecular weight excluding hydrogens is 401 g/mol. The molecule has 5 heterocycles. The van der Waals surface area contributed by atoms with Crippen LogP contribution in [-0.4, -0.2) is 37.5 Å². The Hall–Kier alpha value is -3.22. The first-order chi connectivity index (χ1) is 14.7. The zero-order valence-electron chi connectivity index (χ0n) is 16.0. The van der Waals surface area contributed by atoms with Crippen molar-refractivity contribution in [1.29, 1.82) is 5.26 Å². The Morgan fingerprint density at radius 3 is 2.93 bits per heavy atom. The van der Waals surface area contributed by atoms with Crippen LogP contribution in [0, 0.1) is 17.3 Å². The third-order valence-electron chi connectivity index (χ3n) is 5.18. The van der Waals surface area contributed by atoms with Gasteiger partial charge in [0.25, 0.3) is 0 Å². The van der Waals surface area contributed by atoms with Gasteiger partial charge in [0.05, 0.1) is 29.5 Å². The van der Waals surface area contributed by atoms with Crippen molar-refractivity contribution in [2.24, 2.45) is 0 Å². The molecule has 1 atom stereocenters. The second-order valence-corrected chi connectivity index (χ2v) is 8.23. The van der Waals surface area contributed by atoms with Gasteiger partial charge in [-0.2, -0.15) is 19.8 Å². The van der Waals surface area contributed by atoms with Crippen LogP contribution in [0.1, 0.15) is 24.4 Å². The SMILES string of the molecule is N#Cc1cnn2cc(-c3cnn([C@H]4CCCNC4)c3)cc(Sc3cccc(F)n3)c12. The Balaban J connectivity index is 1.56. The summed E-state index contributed by atoms with van der Waals surface area (Å²) in [6.07, 6.45) is 9.56. The van der Waals surface area contributed by atoms with Crippen LogP contribution >= 0.6 is 11.8 Å². The number of rotatable bonds is 4. The molecular formula is C21H18FN7S. The van der Waals surface area contributed by atoms with E-state index < -0.39 is 5.95 Å². The Morgan fingerprint density at radius 1 is 1.20 bits per heavy atom. The van der Waals surface area contributed by atoms with Crippen LogP contribution in [0.4, 0.5) is 4.39 Å². The summed E-state index contributed by atoms with van der Waals surface area (Å²) in [7, 11) is 0. The first-order valence-electron chi connectivity index (χ1n) is 9.68. The predicted molar refractivity (Wildman–Crippen MR) is 111 cm³/mol. The van der Waals surface area contributed by atoms with Crippen molar-refractivity contribution in [3.05, 3.63) is 60.6 Å². The van der Waals surface area contributed by atoms with Crippen molar-refractivity contribution in [3.8, 4) is 17.2 Å². The molecule has 1 N–H and O–H groups in total. The van der Waals surface area contributed by atoms with Crippen LogP contribution in [-0.2, 0) is 0 Å². The lowest BCUT2D eigenvalue weighted by Crippen LogP contribution is -2.31. The van der Waals surface area contributed by atoms with Crippen molar-refractivity contribution in [1.82, 2.24) is 29.7 Å². The maximum atomic E-state index is 13.6. The molecule has 4 aromatic heterocycles. The average molecular weight is 419 g/mol. The maximum absolute atomic E-state index is 13.6. The molecule has 0 aliphatic carbocycles. The number of aromatic nitrogens is 5. The summed E-state index contributed by atoms with van der Waals surface area (Å²) in [6, 6.07) is 9.18. The van der Waals surface area contributed by atoms with E-state index >= 15 is 0 Å². The highest BCUT2D eigenvalue weighted by Gasteiger charge is 2.18. The van der Waals surface area contributed by atoms with Crippen molar-refractivity contribution in [2.75, 3.05) is 13.1 Å². The fourth-order valence-corrected chi connectivity index (χ4v) is 4.70. The molecule has 9 heteroatoms. The van der Waals surface area contributed by atoms with E-state index in [2.05, 4.69) is 26.6 Å². The van der Waals surface area contributed by atoms with Gasteiger partial charge in [-0.25, -0.2) is 9.50 Å². The highest BCUT2D eigenvalue weighted by molar-refractivity contribution is 7.99. The van der Waals surface area contributed by atoms with Gasteiger partial charge < -0.3 is 5.32 Å². The third kappa shape index (κ3) is 3.56. The summed E-state index contributed by atoms with van der Waals surface area (Å²) in [4.78, 5) is 4.73. The van der Waals surface area contributed by atoms with Crippen molar-refractivity contribution >= 4 is 17.3 Å². The van der Waals surface area contributed by atoms with Crippen LogP contribution < -0.4 is 5.32 Å². The van der Waals surface area contributed by atoms with Crippen LogP contribution in [0.5, 0.6) is 0 Å². The molecule has 5 rings (SSSR count). The van der Waals surface area contributed by atoms with Crippen molar-refractivity contribution in [3.63, 3.8) is 0 Å². The van der Waals surface area contributed by atoms with E-state index in [0.29, 0.717) is 22.1 Å². The van der Waals surface area contributed by atoms with E-state index in [1.165, 1.54) is 17.8 Å². The van der Waals surface area contributed by atoms with Crippen molar-refractivity contribution < 1.29 is 4.39 Å². The zero-order chi connectivity index (χ0) is 20.5. The minimum atomic E-state index is -0.538. The molecule has 7 nitrogen and oxygen atoms in total. The molecule has 0 spiro atoms. The molecule has 0 bridgehead atoms. The van der Waals surface area contributed by atoms with E-state index in [1.54, 1.807) is 22.8 Å². The number of piperidine rings is 1. The summed E-state index contributed by atoms with van der Waals surface area (Å²) in [6.45, 7) is 1.97. The van der Waals surface area contributed by atoms with E-state index in [9.17, 15) is 9.65 Å². The molecule has 1 aliphatic heterocycles. The number of nitriles is 1. The van der Waals surface area contributed by atoms with Gasteiger partial charge in [-0.3, -0.25) is 4.68 Å². The molecule has 1 fully saturated rings.